The molecule has 0 heterocycles. The van der Waals surface area contributed by atoms with E-state index in [-0.39, 0.29) is 6.04 Å². The Morgan fingerprint density at radius 3 is 2.46 bits per heavy atom. The minimum absolute atomic E-state index is 0.0865. The predicted octanol–water partition coefficient (Wildman–Crippen LogP) is 2.01. The lowest BCUT2D eigenvalue weighted by atomic mass is 10.1. The maximum atomic E-state index is 5.91. The van der Waals surface area contributed by atoms with Crippen LogP contribution < -0.4 is 10.5 Å². The van der Waals surface area contributed by atoms with Crippen LogP contribution >= 0.6 is 12.6 Å². The minimum atomic E-state index is 0.0865. The Morgan fingerprint density at radius 2 is 2.00 bits per heavy atom. The van der Waals surface area contributed by atoms with E-state index in [0.717, 1.165) is 23.5 Å². The highest BCUT2D eigenvalue weighted by atomic mass is 32.1. The monoisotopic (exact) mass is 197 g/mol. The van der Waals surface area contributed by atoms with Crippen LogP contribution in [0.25, 0.3) is 0 Å². The van der Waals surface area contributed by atoms with Crippen molar-refractivity contribution in [3.63, 3.8) is 0 Å². The molecule has 0 saturated carbocycles. The fourth-order valence-electron chi connectivity index (χ4n) is 1.16. The molecule has 1 unspecified atom stereocenters. The molecular formula is C10H15NOS. The lowest BCUT2D eigenvalue weighted by Gasteiger charge is -2.10. The first kappa shape index (κ1) is 10.4. The maximum Gasteiger partial charge on any atom is 0.118 e. The standard InChI is InChI=1S/C10H15NOS/c1-12-9-4-2-8(3-5-9)10(11)6-7-13/h2-5,10,13H,6-7,11H2,1H3. The van der Waals surface area contributed by atoms with Crippen LogP contribution in [0, 0.1) is 0 Å². The van der Waals surface area contributed by atoms with Gasteiger partial charge in [0.05, 0.1) is 7.11 Å². The van der Waals surface area contributed by atoms with Gasteiger partial charge in [0.15, 0.2) is 0 Å². The van der Waals surface area contributed by atoms with Gasteiger partial charge < -0.3 is 10.5 Å². The van der Waals surface area contributed by atoms with Crippen molar-refractivity contribution in [1.82, 2.24) is 0 Å². The van der Waals surface area contributed by atoms with Crippen molar-refractivity contribution in [3.05, 3.63) is 29.8 Å². The maximum absolute atomic E-state index is 5.91. The number of benzene rings is 1. The van der Waals surface area contributed by atoms with Gasteiger partial charge in [-0.2, -0.15) is 12.6 Å². The highest BCUT2D eigenvalue weighted by molar-refractivity contribution is 7.80. The molecule has 0 radical (unpaired) electrons. The van der Waals surface area contributed by atoms with Crippen LogP contribution in [0.4, 0.5) is 0 Å². The molecule has 3 heteroatoms. The number of hydrogen-bond donors (Lipinski definition) is 2. The second-order valence-corrected chi connectivity index (χ2v) is 3.34. The third-order valence-corrected chi connectivity index (χ3v) is 2.24. The second kappa shape index (κ2) is 5.14. The molecular weight excluding hydrogens is 182 g/mol. The zero-order valence-corrected chi connectivity index (χ0v) is 8.63. The van der Waals surface area contributed by atoms with Crippen molar-refractivity contribution < 1.29 is 4.74 Å². The van der Waals surface area contributed by atoms with Crippen molar-refractivity contribution in [1.29, 1.82) is 0 Å². The van der Waals surface area contributed by atoms with Gasteiger partial charge in [0, 0.05) is 6.04 Å². The van der Waals surface area contributed by atoms with E-state index in [0.29, 0.717) is 0 Å². The van der Waals surface area contributed by atoms with Gasteiger partial charge >= 0.3 is 0 Å². The summed E-state index contributed by atoms with van der Waals surface area (Å²) < 4.78 is 5.05. The number of thiol groups is 1. The highest BCUT2D eigenvalue weighted by Gasteiger charge is 2.03. The lowest BCUT2D eigenvalue weighted by molar-refractivity contribution is 0.414. The van der Waals surface area contributed by atoms with Crippen LogP contribution in [0.1, 0.15) is 18.0 Å². The highest BCUT2D eigenvalue weighted by Crippen LogP contribution is 2.18. The zero-order chi connectivity index (χ0) is 9.68. The van der Waals surface area contributed by atoms with Crippen LogP contribution in [0.5, 0.6) is 5.75 Å². The molecule has 1 aromatic carbocycles. The average Bonchev–Trinajstić information content (AvgIpc) is 2.18. The number of methoxy groups -OCH3 is 1. The average molecular weight is 197 g/mol. The first-order valence-corrected chi connectivity index (χ1v) is 4.91. The van der Waals surface area contributed by atoms with E-state index in [9.17, 15) is 0 Å². The van der Waals surface area contributed by atoms with Crippen molar-refractivity contribution in [2.45, 2.75) is 12.5 Å². The van der Waals surface area contributed by atoms with E-state index in [1.807, 2.05) is 24.3 Å². The van der Waals surface area contributed by atoms with Crippen LogP contribution in [0.15, 0.2) is 24.3 Å². The largest absolute Gasteiger partial charge is 0.497 e. The van der Waals surface area contributed by atoms with E-state index < -0.39 is 0 Å². The van der Waals surface area contributed by atoms with Gasteiger partial charge in [-0.1, -0.05) is 12.1 Å². The fourth-order valence-corrected chi connectivity index (χ4v) is 1.44. The molecule has 2 nitrogen and oxygen atoms in total. The number of ether oxygens (including phenoxy) is 1. The van der Waals surface area contributed by atoms with Gasteiger partial charge in [0.25, 0.3) is 0 Å². The van der Waals surface area contributed by atoms with Crippen LogP contribution in [0.3, 0.4) is 0 Å². The van der Waals surface area contributed by atoms with Gasteiger partial charge in [0.2, 0.25) is 0 Å². The Morgan fingerprint density at radius 1 is 1.38 bits per heavy atom. The number of hydrogen-bond acceptors (Lipinski definition) is 3. The summed E-state index contributed by atoms with van der Waals surface area (Å²) in [6.07, 6.45) is 0.898. The number of rotatable bonds is 4. The van der Waals surface area contributed by atoms with Gasteiger partial charge in [-0.3, -0.25) is 0 Å². The molecule has 13 heavy (non-hydrogen) atoms. The Kier molecular flexibility index (Phi) is 4.12. The van der Waals surface area contributed by atoms with Gasteiger partial charge in [-0.05, 0) is 29.9 Å². The van der Waals surface area contributed by atoms with Crippen LogP contribution in [-0.2, 0) is 0 Å². The zero-order valence-electron chi connectivity index (χ0n) is 7.73. The normalized spacial score (nSPS) is 12.5. The molecule has 0 aliphatic rings. The third kappa shape index (κ3) is 2.94. The fraction of sp³-hybridized carbons (Fsp3) is 0.400. The summed E-state index contributed by atoms with van der Waals surface area (Å²) in [5.74, 6) is 1.68. The summed E-state index contributed by atoms with van der Waals surface area (Å²) in [4.78, 5) is 0. The summed E-state index contributed by atoms with van der Waals surface area (Å²) in [5, 5.41) is 0. The summed E-state index contributed by atoms with van der Waals surface area (Å²) in [5.41, 5.74) is 7.04. The van der Waals surface area contributed by atoms with Gasteiger partial charge in [0.1, 0.15) is 5.75 Å². The van der Waals surface area contributed by atoms with E-state index in [2.05, 4.69) is 12.6 Å². The van der Waals surface area contributed by atoms with Crippen LogP contribution in [0.2, 0.25) is 0 Å². The Hall–Kier alpha value is -0.670. The Bertz CT molecular complexity index is 248. The topological polar surface area (TPSA) is 35.2 Å². The van der Waals surface area contributed by atoms with Crippen molar-refractivity contribution in [3.8, 4) is 5.75 Å². The molecule has 0 bridgehead atoms. The molecule has 72 valence electrons. The molecule has 0 saturated heterocycles. The van der Waals surface area contributed by atoms with Crippen molar-refractivity contribution in [2.24, 2.45) is 5.73 Å². The van der Waals surface area contributed by atoms with Crippen molar-refractivity contribution >= 4 is 12.6 Å². The molecule has 0 amide bonds. The van der Waals surface area contributed by atoms with E-state index in [4.69, 9.17) is 10.5 Å². The molecule has 1 atom stereocenters. The smallest absolute Gasteiger partial charge is 0.118 e. The molecule has 2 N–H and O–H groups in total. The summed E-state index contributed by atoms with van der Waals surface area (Å²) in [6, 6.07) is 7.92. The lowest BCUT2D eigenvalue weighted by Crippen LogP contribution is -2.10. The molecule has 1 rings (SSSR count). The quantitative estimate of drug-likeness (QED) is 0.724. The van der Waals surface area contributed by atoms with Crippen molar-refractivity contribution in [2.75, 3.05) is 12.9 Å². The second-order valence-electron chi connectivity index (χ2n) is 2.89. The first-order valence-electron chi connectivity index (χ1n) is 4.28. The minimum Gasteiger partial charge on any atom is -0.497 e. The number of nitrogens with two attached hydrogens (primary N) is 1. The third-order valence-electron chi connectivity index (χ3n) is 1.98. The van der Waals surface area contributed by atoms with Gasteiger partial charge in [-0.25, -0.2) is 0 Å². The van der Waals surface area contributed by atoms with Crippen LogP contribution in [-0.4, -0.2) is 12.9 Å². The predicted molar refractivity (Wildman–Crippen MR) is 58.4 cm³/mol. The Labute approximate surface area is 84.5 Å². The summed E-state index contributed by atoms with van der Waals surface area (Å²) in [7, 11) is 1.66. The Balaban J connectivity index is 2.67. The molecule has 0 fully saturated rings. The van der Waals surface area contributed by atoms with E-state index >= 15 is 0 Å². The SMILES string of the molecule is COc1ccc(C(N)CCS)cc1. The van der Waals surface area contributed by atoms with Gasteiger partial charge in [-0.15, -0.1) is 0 Å². The van der Waals surface area contributed by atoms with E-state index in [1.54, 1.807) is 7.11 Å². The molecule has 0 aromatic heterocycles. The summed E-state index contributed by atoms with van der Waals surface area (Å²) >= 11 is 4.14. The first-order chi connectivity index (χ1) is 6.27. The van der Waals surface area contributed by atoms with E-state index in [1.165, 1.54) is 0 Å². The molecule has 1 aromatic rings. The molecule has 0 aliphatic heterocycles. The molecule has 0 spiro atoms. The molecule has 0 aliphatic carbocycles. The summed E-state index contributed by atoms with van der Waals surface area (Å²) in [6.45, 7) is 0.